The van der Waals surface area contributed by atoms with E-state index >= 15 is 0 Å². The highest BCUT2D eigenvalue weighted by Crippen LogP contribution is 2.39. The third kappa shape index (κ3) is 2.90. The van der Waals surface area contributed by atoms with Gasteiger partial charge in [0.2, 0.25) is 5.88 Å². The molecule has 3 fully saturated rings. The van der Waals surface area contributed by atoms with Crippen LogP contribution in [0, 0.1) is 0 Å². The Morgan fingerprint density at radius 3 is 2.89 bits per heavy atom. The monoisotopic (exact) mass is 372 g/mol. The largest absolute Gasteiger partial charge is 0.474 e. The summed E-state index contributed by atoms with van der Waals surface area (Å²) in [6.45, 7) is 8.24. The normalized spacial score (nSPS) is 30.7. The van der Waals surface area contributed by atoms with Crippen molar-refractivity contribution in [1.82, 2.24) is 34.6 Å². The van der Waals surface area contributed by atoms with Gasteiger partial charge in [0.1, 0.15) is 18.7 Å². The summed E-state index contributed by atoms with van der Waals surface area (Å²) in [5, 5.41) is 3.51. The van der Waals surface area contributed by atoms with Gasteiger partial charge >= 0.3 is 5.95 Å². The van der Waals surface area contributed by atoms with Crippen LogP contribution in [0.3, 0.4) is 0 Å². The van der Waals surface area contributed by atoms with Crippen LogP contribution < -0.4 is 14.5 Å². The highest BCUT2D eigenvalue weighted by atomic mass is 16.5. The maximum atomic E-state index is 6.38. The number of aromatic nitrogens is 4. The SMILES string of the molecule is C[C@H]1C[N+](C)(c2nc(OCC34CCCN3CCC4)c3[nH]cnc3n2)CCN1. The number of aromatic amines is 1. The number of nitrogens with zero attached hydrogens (tertiary/aromatic N) is 5. The summed E-state index contributed by atoms with van der Waals surface area (Å²) in [5.74, 6) is 1.47. The van der Waals surface area contributed by atoms with Crippen LogP contribution in [-0.2, 0) is 0 Å². The maximum Gasteiger partial charge on any atom is 0.334 e. The predicted octanol–water partition coefficient (Wildman–Crippen LogP) is 1.29. The Labute approximate surface area is 159 Å². The van der Waals surface area contributed by atoms with Gasteiger partial charge in [-0.2, -0.15) is 4.98 Å². The topological polar surface area (TPSA) is 79.0 Å². The summed E-state index contributed by atoms with van der Waals surface area (Å²) < 4.78 is 7.09. The molecule has 8 heteroatoms. The van der Waals surface area contributed by atoms with E-state index in [9.17, 15) is 0 Å². The first-order valence-electron chi connectivity index (χ1n) is 10.3. The van der Waals surface area contributed by atoms with Gasteiger partial charge in [0.25, 0.3) is 0 Å². The van der Waals surface area contributed by atoms with Crippen molar-refractivity contribution in [2.24, 2.45) is 0 Å². The van der Waals surface area contributed by atoms with Gasteiger partial charge in [-0.3, -0.25) is 9.38 Å². The van der Waals surface area contributed by atoms with E-state index in [2.05, 4.69) is 34.2 Å². The van der Waals surface area contributed by atoms with Gasteiger partial charge in [-0.25, -0.2) is 4.98 Å². The Morgan fingerprint density at radius 2 is 2.11 bits per heavy atom. The van der Waals surface area contributed by atoms with Crippen molar-refractivity contribution in [3.63, 3.8) is 0 Å². The molecule has 2 atom stereocenters. The molecule has 0 bridgehead atoms. The summed E-state index contributed by atoms with van der Waals surface area (Å²) in [6.07, 6.45) is 6.70. The van der Waals surface area contributed by atoms with Crippen molar-refractivity contribution in [2.45, 2.75) is 44.2 Å². The van der Waals surface area contributed by atoms with Gasteiger partial charge in [-0.15, -0.1) is 4.98 Å². The fraction of sp³-hybridized carbons (Fsp3) is 0.737. The van der Waals surface area contributed by atoms with Crippen LogP contribution in [0.25, 0.3) is 11.2 Å². The number of piperazine rings is 1. The smallest absolute Gasteiger partial charge is 0.334 e. The molecule has 1 unspecified atom stereocenters. The van der Waals surface area contributed by atoms with E-state index in [0.29, 0.717) is 28.7 Å². The fourth-order valence-electron chi connectivity index (χ4n) is 5.30. The lowest BCUT2D eigenvalue weighted by molar-refractivity contribution is 0.111. The van der Waals surface area contributed by atoms with E-state index in [0.717, 1.165) is 31.1 Å². The number of nitrogens with one attached hydrogen (secondary N) is 2. The van der Waals surface area contributed by atoms with E-state index in [1.807, 2.05) is 0 Å². The lowest BCUT2D eigenvalue weighted by atomic mass is 9.95. The number of likely N-dealkylation sites (N-methyl/N-ethyl adjacent to an activating group) is 1. The van der Waals surface area contributed by atoms with Gasteiger partial charge in [0.15, 0.2) is 5.65 Å². The molecule has 2 N–H and O–H groups in total. The molecule has 0 amide bonds. The Bertz CT molecular complexity index is 827. The fourth-order valence-corrected chi connectivity index (χ4v) is 5.30. The standard InChI is InChI=1S/C19H30N7O/c1-14-11-26(2,10-7-20-14)18-23-16-15(21-13-22-16)17(24-18)27-12-19-5-3-8-25(19)9-4-6-19/h13-14,20H,3-12H2,1-2H3,(H,21,22,23,24)/q+1/t14-,26?/m0/s1. The molecule has 3 saturated heterocycles. The minimum Gasteiger partial charge on any atom is -0.474 e. The van der Waals surface area contributed by atoms with E-state index in [1.54, 1.807) is 6.33 Å². The zero-order chi connectivity index (χ0) is 18.5. The molecule has 5 rings (SSSR count). The predicted molar refractivity (Wildman–Crippen MR) is 105 cm³/mol. The van der Waals surface area contributed by atoms with Crippen LogP contribution in [0.4, 0.5) is 5.95 Å². The highest BCUT2D eigenvalue weighted by molar-refractivity contribution is 5.76. The Hall–Kier alpha value is -1.77. The van der Waals surface area contributed by atoms with Gasteiger partial charge in [-0.1, -0.05) is 0 Å². The number of hydrogen-bond acceptors (Lipinski definition) is 6. The minimum absolute atomic E-state index is 0.208. The highest BCUT2D eigenvalue weighted by Gasteiger charge is 2.45. The van der Waals surface area contributed by atoms with Gasteiger partial charge in [0.05, 0.1) is 31.5 Å². The number of fused-ring (bicyclic) bond motifs is 2. The molecular weight excluding hydrogens is 342 g/mol. The molecule has 0 aliphatic carbocycles. The molecule has 8 nitrogen and oxygen atoms in total. The third-order valence-corrected chi connectivity index (χ3v) is 6.79. The molecule has 2 aromatic heterocycles. The lowest BCUT2D eigenvalue weighted by Gasteiger charge is -2.38. The van der Waals surface area contributed by atoms with Crippen LogP contribution in [0.5, 0.6) is 5.88 Å². The Morgan fingerprint density at radius 1 is 1.30 bits per heavy atom. The number of imidazole rings is 1. The number of hydrogen-bond donors (Lipinski definition) is 2. The molecule has 2 aromatic rings. The van der Waals surface area contributed by atoms with E-state index < -0.39 is 0 Å². The average Bonchev–Trinajstić information content (AvgIpc) is 3.34. The summed E-state index contributed by atoms with van der Waals surface area (Å²) in [4.78, 5) is 19.9. The molecule has 146 valence electrons. The minimum atomic E-state index is 0.208. The van der Waals surface area contributed by atoms with Gasteiger partial charge in [-0.05, 0) is 45.7 Å². The van der Waals surface area contributed by atoms with Crippen molar-refractivity contribution in [1.29, 1.82) is 0 Å². The third-order valence-electron chi connectivity index (χ3n) is 6.79. The van der Waals surface area contributed by atoms with Crippen LogP contribution in [0.15, 0.2) is 6.33 Å². The molecule has 0 spiro atoms. The molecule has 0 aromatic carbocycles. The molecule has 27 heavy (non-hydrogen) atoms. The summed E-state index contributed by atoms with van der Waals surface area (Å²) >= 11 is 0. The van der Waals surface area contributed by atoms with Crippen molar-refractivity contribution < 1.29 is 4.74 Å². The van der Waals surface area contributed by atoms with Crippen LogP contribution >= 0.6 is 0 Å². The van der Waals surface area contributed by atoms with E-state index in [-0.39, 0.29) is 5.54 Å². The average molecular weight is 372 g/mol. The Balaban J connectivity index is 1.46. The second kappa shape index (κ2) is 6.39. The summed E-state index contributed by atoms with van der Waals surface area (Å²) in [5.41, 5.74) is 1.72. The first kappa shape index (κ1) is 17.3. The van der Waals surface area contributed by atoms with Crippen LogP contribution in [0.1, 0.15) is 32.6 Å². The molecule has 0 radical (unpaired) electrons. The number of rotatable bonds is 4. The summed E-state index contributed by atoms with van der Waals surface area (Å²) in [6, 6.07) is 0.441. The molecule has 0 saturated carbocycles. The number of quaternary nitrogens is 1. The zero-order valence-electron chi connectivity index (χ0n) is 16.4. The zero-order valence-corrected chi connectivity index (χ0v) is 16.4. The van der Waals surface area contributed by atoms with E-state index in [1.165, 1.54) is 38.8 Å². The van der Waals surface area contributed by atoms with Crippen molar-refractivity contribution in [3.8, 4) is 5.88 Å². The number of ether oxygens (including phenoxy) is 1. The van der Waals surface area contributed by atoms with Crippen LogP contribution in [0.2, 0.25) is 0 Å². The van der Waals surface area contributed by atoms with Gasteiger partial charge in [0, 0.05) is 6.54 Å². The molecule has 5 heterocycles. The second-order valence-corrected chi connectivity index (χ2v) is 8.79. The van der Waals surface area contributed by atoms with Crippen LogP contribution in [-0.4, -0.2) is 82.8 Å². The summed E-state index contributed by atoms with van der Waals surface area (Å²) in [7, 11) is 2.21. The Kier molecular flexibility index (Phi) is 4.10. The van der Waals surface area contributed by atoms with Crippen molar-refractivity contribution in [3.05, 3.63) is 6.33 Å². The quantitative estimate of drug-likeness (QED) is 0.788. The first-order valence-corrected chi connectivity index (χ1v) is 10.3. The van der Waals surface area contributed by atoms with Crippen molar-refractivity contribution in [2.75, 3.05) is 46.4 Å². The number of H-pyrrole nitrogens is 1. The first-order chi connectivity index (χ1) is 13.1. The van der Waals surface area contributed by atoms with E-state index in [4.69, 9.17) is 14.7 Å². The van der Waals surface area contributed by atoms with Gasteiger partial charge < -0.3 is 15.0 Å². The molecule has 3 aliphatic heterocycles. The maximum absolute atomic E-state index is 6.38. The van der Waals surface area contributed by atoms with Crippen molar-refractivity contribution >= 4 is 17.1 Å². The second-order valence-electron chi connectivity index (χ2n) is 8.79. The molecule has 3 aliphatic rings. The molecular formula is C19H30N7O+. The lowest BCUT2D eigenvalue weighted by Crippen LogP contribution is -2.61.